The van der Waals surface area contributed by atoms with Crippen LogP contribution in [-0.2, 0) is 4.79 Å². The minimum absolute atomic E-state index is 0.0753. The summed E-state index contributed by atoms with van der Waals surface area (Å²) < 4.78 is 0.738. The molecule has 1 aromatic rings. The number of benzene rings is 1. The Hall–Kier alpha value is -0.580. The van der Waals surface area contributed by atoms with Crippen molar-refractivity contribution in [1.82, 2.24) is 5.32 Å². The Morgan fingerprint density at radius 1 is 1.56 bits per heavy atom. The molecule has 0 aliphatic carbocycles. The Kier molecular flexibility index (Phi) is 4.65. The van der Waals surface area contributed by atoms with Crippen LogP contribution in [0.3, 0.4) is 0 Å². The van der Waals surface area contributed by atoms with Gasteiger partial charge in [0.2, 0.25) is 5.91 Å². The van der Waals surface area contributed by atoms with Crippen molar-refractivity contribution in [3.05, 3.63) is 27.7 Å². The molecule has 3 nitrogen and oxygen atoms in total. The lowest BCUT2D eigenvalue weighted by Gasteiger charge is -2.27. The predicted octanol–water partition coefficient (Wildman–Crippen LogP) is 3.43. The van der Waals surface area contributed by atoms with Crippen LogP contribution < -0.4 is 10.6 Å². The molecule has 1 aliphatic rings. The van der Waals surface area contributed by atoms with Gasteiger partial charge in [-0.25, -0.2) is 0 Å². The van der Waals surface area contributed by atoms with Crippen LogP contribution >= 0.6 is 27.5 Å². The number of carbonyl (C=O) groups excluding carboxylic acids is 1. The fraction of sp³-hybridized carbons (Fsp3) is 0.462. The summed E-state index contributed by atoms with van der Waals surface area (Å²) in [5, 5.41) is 6.89. The van der Waals surface area contributed by atoms with Gasteiger partial charge >= 0.3 is 0 Å². The van der Waals surface area contributed by atoms with E-state index < -0.39 is 0 Å². The van der Waals surface area contributed by atoms with Crippen LogP contribution in [0.2, 0.25) is 5.02 Å². The molecular formula is C13H16BrClN2O. The summed E-state index contributed by atoms with van der Waals surface area (Å²) in [5.74, 6) is 0.151. The summed E-state index contributed by atoms with van der Waals surface area (Å²) in [6.07, 6.45) is 1.76. The van der Waals surface area contributed by atoms with Crippen molar-refractivity contribution in [2.24, 2.45) is 5.92 Å². The Labute approximate surface area is 120 Å². The van der Waals surface area contributed by atoms with Gasteiger partial charge in [-0.1, -0.05) is 17.7 Å². The van der Waals surface area contributed by atoms with E-state index in [0.717, 1.165) is 29.5 Å². The summed E-state index contributed by atoms with van der Waals surface area (Å²) in [4.78, 5) is 12.2. The first kappa shape index (κ1) is 13.8. The van der Waals surface area contributed by atoms with E-state index in [4.69, 9.17) is 11.6 Å². The highest BCUT2D eigenvalue weighted by molar-refractivity contribution is 9.10. The molecule has 0 spiro atoms. The number of carbonyl (C=O) groups is 1. The number of rotatable bonds is 2. The average molecular weight is 332 g/mol. The Balaban J connectivity index is 2.04. The van der Waals surface area contributed by atoms with Gasteiger partial charge in [-0.15, -0.1) is 0 Å². The molecule has 98 valence electrons. The van der Waals surface area contributed by atoms with Crippen molar-refractivity contribution >= 4 is 39.1 Å². The minimum Gasteiger partial charge on any atom is -0.325 e. The maximum absolute atomic E-state index is 12.2. The Bertz CT molecular complexity index is 453. The SMILES string of the molecule is CC1CC(C(=O)Nc2cccc(Cl)c2Br)CCN1. The predicted molar refractivity (Wildman–Crippen MR) is 78.0 cm³/mol. The molecule has 0 aromatic heterocycles. The molecule has 2 N–H and O–H groups in total. The van der Waals surface area contributed by atoms with Gasteiger partial charge in [0.05, 0.1) is 15.2 Å². The van der Waals surface area contributed by atoms with Gasteiger partial charge in [0.25, 0.3) is 0 Å². The summed E-state index contributed by atoms with van der Waals surface area (Å²) >= 11 is 9.38. The maximum Gasteiger partial charge on any atom is 0.227 e. The molecular weight excluding hydrogens is 316 g/mol. The van der Waals surface area contributed by atoms with E-state index in [-0.39, 0.29) is 11.8 Å². The number of nitrogens with one attached hydrogen (secondary N) is 2. The van der Waals surface area contributed by atoms with Crippen molar-refractivity contribution in [1.29, 1.82) is 0 Å². The summed E-state index contributed by atoms with van der Waals surface area (Å²) in [7, 11) is 0. The van der Waals surface area contributed by atoms with Gasteiger partial charge in [0.15, 0.2) is 0 Å². The van der Waals surface area contributed by atoms with Crippen LogP contribution in [0.4, 0.5) is 5.69 Å². The second kappa shape index (κ2) is 6.04. The van der Waals surface area contributed by atoms with E-state index >= 15 is 0 Å². The molecule has 1 fully saturated rings. The topological polar surface area (TPSA) is 41.1 Å². The monoisotopic (exact) mass is 330 g/mol. The largest absolute Gasteiger partial charge is 0.325 e. The number of piperidine rings is 1. The molecule has 1 saturated heterocycles. The van der Waals surface area contributed by atoms with Crippen LogP contribution in [-0.4, -0.2) is 18.5 Å². The zero-order valence-corrected chi connectivity index (χ0v) is 12.5. The fourth-order valence-electron chi connectivity index (χ4n) is 2.21. The van der Waals surface area contributed by atoms with Crippen LogP contribution in [0.25, 0.3) is 0 Å². The van der Waals surface area contributed by atoms with Crippen LogP contribution in [0.1, 0.15) is 19.8 Å². The van der Waals surface area contributed by atoms with Gasteiger partial charge in [0, 0.05) is 12.0 Å². The Morgan fingerprint density at radius 2 is 2.33 bits per heavy atom. The standard InChI is InChI=1S/C13H16BrClN2O/c1-8-7-9(5-6-16-8)13(18)17-11-4-2-3-10(15)12(11)14/h2-4,8-9,16H,5-7H2,1H3,(H,17,18). The zero-order chi connectivity index (χ0) is 13.1. The van der Waals surface area contributed by atoms with Gasteiger partial charge in [-0.2, -0.15) is 0 Å². The number of halogens is 2. The molecule has 1 aliphatic heterocycles. The molecule has 1 aromatic carbocycles. The highest BCUT2D eigenvalue weighted by Gasteiger charge is 2.25. The number of amides is 1. The number of hydrogen-bond donors (Lipinski definition) is 2. The highest BCUT2D eigenvalue weighted by Crippen LogP contribution is 2.30. The third-order valence-electron chi connectivity index (χ3n) is 3.20. The van der Waals surface area contributed by atoms with Crippen molar-refractivity contribution in [2.75, 3.05) is 11.9 Å². The molecule has 2 rings (SSSR count). The first-order valence-electron chi connectivity index (χ1n) is 6.06. The molecule has 2 unspecified atom stereocenters. The second-order valence-electron chi connectivity index (χ2n) is 4.67. The first-order valence-corrected chi connectivity index (χ1v) is 7.23. The van der Waals surface area contributed by atoms with Gasteiger partial charge in [-0.3, -0.25) is 4.79 Å². The van der Waals surface area contributed by atoms with Gasteiger partial charge in [0.1, 0.15) is 0 Å². The van der Waals surface area contributed by atoms with Crippen LogP contribution in [0, 0.1) is 5.92 Å². The molecule has 0 radical (unpaired) electrons. The quantitative estimate of drug-likeness (QED) is 0.872. The molecule has 0 bridgehead atoms. The zero-order valence-electron chi connectivity index (χ0n) is 10.2. The summed E-state index contributed by atoms with van der Waals surface area (Å²) in [6.45, 7) is 3.00. The van der Waals surface area contributed by atoms with Crippen molar-refractivity contribution in [3.63, 3.8) is 0 Å². The summed E-state index contributed by atoms with van der Waals surface area (Å²) in [5.41, 5.74) is 0.735. The van der Waals surface area contributed by atoms with Crippen molar-refractivity contribution in [2.45, 2.75) is 25.8 Å². The van der Waals surface area contributed by atoms with Gasteiger partial charge < -0.3 is 10.6 Å². The van der Waals surface area contributed by atoms with E-state index in [1.165, 1.54) is 0 Å². The van der Waals surface area contributed by atoms with Crippen molar-refractivity contribution < 1.29 is 4.79 Å². The number of hydrogen-bond acceptors (Lipinski definition) is 2. The molecule has 0 saturated carbocycles. The lowest BCUT2D eigenvalue weighted by molar-refractivity contribution is -0.120. The lowest BCUT2D eigenvalue weighted by Crippen LogP contribution is -2.40. The molecule has 2 atom stereocenters. The molecule has 5 heteroatoms. The molecule has 1 heterocycles. The third kappa shape index (κ3) is 3.25. The summed E-state index contributed by atoms with van der Waals surface area (Å²) in [6, 6.07) is 5.86. The minimum atomic E-state index is 0.0753. The second-order valence-corrected chi connectivity index (χ2v) is 5.87. The van der Waals surface area contributed by atoms with E-state index in [1.54, 1.807) is 6.07 Å². The van der Waals surface area contributed by atoms with Crippen LogP contribution in [0.5, 0.6) is 0 Å². The van der Waals surface area contributed by atoms with Gasteiger partial charge in [-0.05, 0) is 54.4 Å². The van der Waals surface area contributed by atoms with E-state index in [2.05, 4.69) is 33.5 Å². The fourth-order valence-corrected chi connectivity index (χ4v) is 2.74. The van der Waals surface area contributed by atoms with E-state index in [1.807, 2.05) is 12.1 Å². The molecule has 1 amide bonds. The first-order chi connectivity index (χ1) is 8.58. The third-order valence-corrected chi connectivity index (χ3v) is 4.60. The van der Waals surface area contributed by atoms with Crippen molar-refractivity contribution in [3.8, 4) is 0 Å². The average Bonchev–Trinajstić information content (AvgIpc) is 2.35. The maximum atomic E-state index is 12.2. The highest BCUT2D eigenvalue weighted by atomic mass is 79.9. The lowest BCUT2D eigenvalue weighted by atomic mass is 9.92. The smallest absolute Gasteiger partial charge is 0.227 e. The molecule has 18 heavy (non-hydrogen) atoms. The van der Waals surface area contributed by atoms with E-state index in [0.29, 0.717) is 11.1 Å². The number of anilines is 1. The normalized spacial score (nSPS) is 23.7. The van der Waals surface area contributed by atoms with E-state index in [9.17, 15) is 4.79 Å². The van der Waals surface area contributed by atoms with Crippen LogP contribution in [0.15, 0.2) is 22.7 Å². The Morgan fingerprint density at radius 3 is 3.06 bits per heavy atom.